The normalized spacial score (nSPS) is 12.0. The first kappa shape index (κ1) is 18.2. The maximum Gasteiger partial charge on any atom is 0.280 e. The highest BCUT2D eigenvalue weighted by molar-refractivity contribution is 6.30. The Hall–Kier alpha value is -3.59. The number of rotatable bonds is 4. The number of nitrogens with zero attached hydrogens (tertiary/aromatic N) is 1. The second kappa shape index (κ2) is 7.75. The van der Waals surface area contributed by atoms with E-state index < -0.39 is 16.7 Å². The van der Waals surface area contributed by atoms with Crippen molar-refractivity contribution < 1.29 is 24.0 Å². The summed E-state index contributed by atoms with van der Waals surface area (Å²) in [5.74, 6) is -0.609. The standard InChI is InChI=1S/C17H12ClN3O6/c18-12-4-1-10(2-5-12)17(23)20-19-16(22)6-3-11-7-14-15(27-9-26-14)8-13(11)21(24)25/h1-8H,9H2,(H,19,22)(H,20,23)/b6-3+. The van der Waals surface area contributed by atoms with Gasteiger partial charge >= 0.3 is 0 Å². The third-order valence-corrected chi connectivity index (χ3v) is 3.79. The Balaban J connectivity index is 1.65. The molecular weight excluding hydrogens is 378 g/mol. The lowest BCUT2D eigenvalue weighted by atomic mass is 10.1. The highest BCUT2D eigenvalue weighted by atomic mass is 35.5. The van der Waals surface area contributed by atoms with Crippen LogP contribution in [0.15, 0.2) is 42.5 Å². The number of nitro benzene ring substituents is 1. The molecule has 9 nitrogen and oxygen atoms in total. The van der Waals surface area contributed by atoms with Crippen LogP contribution in [0.1, 0.15) is 15.9 Å². The summed E-state index contributed by atoms with van der Waals surface area (Å²) in [4.78, 5) is 34.3. The van der Waals surface area contributed by atoms with Gasteiger partial charge in [-0.05, 0) is 36.4 Å². The Morgan fingerprint density at radius 1 is 1.11 bits per heavy atom. The van der Waals surface area contributed by atoms with Crippen molar-refractivity contribution in [2.75, 3.05) is 6.79 Å². The lowest BCUT2D eigenvalue weighted by Crippen LogP contribution is -2.40. The van der Waals surface area contributed by atoms with Gasteiger partial charge in [0, 0.05) is 16.7 Å². The van der Waals surface area contributed by atoms with E-state index >= 15 is 0 Å². The molecule has 138 valence electrons. The molecule has 0 aromatic heterocycles. The second-order valence-electron chi connectivity index (χ2n) is 5.30. The molecule has 27 heavy (non-hydrogen) atoms. The smallest absolute Gasteiger partial charge is 0.280 e. The number of carbonyl (C=O) groups is 2. The zero-order valence-corrected chi connectivity index (χ0v) is 14.4. The summed E-state index contributed by atoms with van der Waals surface area (Å²) in [5, 5.41) is 11.6. The monoisotopic (exact) mass is 389 g/mol. The Bertz CT molecular complexity index is 942. The highest BCUT2D eigenvalue weighted by Gasteiger charge is 2.22. The number of ether oxygens (including phenoxy) is 2. The van der Waals surface area contributed by atoms with E-state index in [0.29, 0.717) is 16.3 Å². The lowest BCUT2D eigenvalue weighted by Gasteiger charge is -2.05. The first-order valence-electron chi connectivity index (χ1n) is 7.56. The van der Waals surface area contributed by atoms with Crippen LogP contribution in [0.2, 0.25) is 5.02 Å². The van der Waals surface area contributed by atoms with Gasteiger partial charge in [0.1, 0.15) is 0 Å². The zero-order valence-electron chi connectivity index (χ0n) is 13.6. The van der Waals surface area contributed by atoms with Crippen LogP contribution in [-0.2, 0) is 4.79 Å². The third-order valence-electron chi connectivity index (χ3n) is 3.54. The summed E-state index contributed by atoms with van der Waals surface area (Å²) in [6.07, 6.45) is 2.29. The number of halogens is 1. The number of benzene rings is 2. The van der Waals surface area contributed by atoms with E-state index in [1.54, 1.807) is 0 Å². The van der Waals surface area contributed by atoms with Crippen molar-refractivity contribution >= 4 is 35.2 Å². The molecule has 0 saturated heterocycles. The number of amides is 2. The second-order valence-corrected chi connectivity index (χ2v) is 5.74. The van der Waals surface area contributed by atoms with Crippen LogP contribution in [0.3, 0.4) is 0 Å². The van der Waals surface area contributed by atoms with Gasteiger partial charge in [-0.1, -0.05) is 11.6 Å². The van der Waals surface area contributed by atoms with E-state index in [4.69, 9.17) is 21.1 Å². The van der Waals surface area contributed by atoms with E-state index in [1.807, 2.05) is 0 Å². The minimum absolute atomic E-state index is 0.0309. The quantitative estimate of drug-likeness (QED) is 0.471. The Labute approximate surface area is 157 Å². The SMILES string of the molecule is O=C(/C=C/c1cc2c(cc1[N+](=O)[O-])OCO2)NNC(=O)c1ccc(Cl)cc1. The number of nitro groups is 1. The molecule has 0 saturated carbocycles. The Morgan fingerprint density at radius 3 is 2.44 bits per heavy atom. The summed E-state index contributed by atoms with van der Waals surface area (Å²) in [7, 11) is 0. The average molecular weight is 390 g/mol. The predicted octanol–water partition coefficient (Wildman–Crippen LogP) is 2.45. The van der Waals surface area contributed by atoms with Crippen molar-refractivity contribution in [2.45, 2.75) is 0 Å². The minimum atomic E-state index is -0.677. The molecule has 0 aliphatic carbocycles. The van der Waals surface area contributed by atoms with Crippen LogP contribution >= 0.6 is 11.6 Å². The molecule has 2 aromatic rings. The molecule has 1 aliphatic heterocycles. The zero-order chi connectivity index (χ0) is 19.4. The number of hydrogen-bond acceptors (Lipinski definition) is 6. The number of carbonyl (C=O) groups excluding carboxylic acids is 2. The Morgan fingerprint density at radius 2 is 1.78 bits per heavy atom. The van der Waals surface area contributed by atoms with Crippen molar-refractivity contribution in [1.82, 2.24) is 10.9 Å². The van der Waals surface area contributed by atoms with Crippen molar-refractivity contribution in [3.8, 4) is 11.5 Å². The fraction of sp³-hybridized carbons (Fsp3) is 0.0588. The van der Waals surface area contributed by atoms with Gasteiger partial charge in [-0.3, -0.25) is 30.6 Å². The molecule has 10 heteroatoms. The van der Waals surface area contributed by atoms with Gasteiger partial charge in [-0.25, -0.2) is 0 Å². The summed E-state index contributed by atoms with van der Waals surface area (Å²) in [6, 6.07) is 8.69. The fourth-order valence-electron chi connectivity index (χ4n) is 2.24. The molecule has 0 fully saturated rings. The molecule has 2 amide bonds. The first-order chi connectivity index (χ1) is 12.9. The average Bonchev–Trinajstić information content (AvgIpc) is 3.11. The predicted molar refractivity (Wildman–Crippen MR) is 95.3 cm³/mol. The summed E-state index contributed by atoms with van der Waals surface area (Å²) in [6.45, 7) is -0.0309. The van der Waals surface area contributed by atoms with Crippen molar-refractivity contribution in [1.29, 1.82) is 0 Å². The lowest BCUT2D eigenvalue weighted by molar-refractivity contribution is -0.385. The van der Waals surface area contributed by atoms with Gasteiger partial charge in [0.25, 0.3) is 17.5 Å². The van der Waals surface area contributed by atoms with Crippen LogP contribution in [0.5, 0.6) is 11.5 Å². The maximum atomic E-state index is 11.9. The molecule has 0 radical (unpaired) electrons. The number of fused-ring (bicyclic) bond motifs is 1. The largest absolute Gasteiger partial charge is 0.454 e. The van der Waals surface area contributed by atoms with E-state index in [-0.39, 0.29) is 23.8 Å². The van der Waals surface area contributed by atoms with Gasteiger partial charge in [-0.15, -0.1) is 0 Å². The van der Waals surface area contributed by atoms with E-state index in [1.165, 1.54) is 42.5 Å². The molecule has 0 unspecified atom stereocenters. The molecule has 3 rings (SSSR count). The maximum absolute atomic E-state index is 11.9. The van der Waals surface area contributed by atoms with Gasteiger partial charge in [0.2, 0.25) is 6.79 Å². The molecule has 2 N–H and O–H groups in total. The molecule has 0 bridgehead atoms. The van der Waals surface area contributed by atoms with E-state index in [9.17, 15) is 19.7 Å². The summed E-state index contributed by atoms with van der Waals surface area (Å²) in [5.41, 5.74) is 4.62. The molecule has 1 aliphatic rings. The molecule has 0 atom stereocenters. The summed E-state index contributed by atoms with van der Waals surface area (Å²) < 4.78 is 10.3. The molecule has 0 spiro atoms. The van der Waals surface area contributed by atoms with Crippen LogP contribution < -0.4 is 20.3 Å². The van der Waals surface area contributed by atoms with Crippen molar-refractivity contribution in [3.05, 3.63) is 68.7 Å². The Kier molecular flexibility index (Phi) is 5.23. The minimum Gasteiger partial charge on any atom is -0.454 e. The third kappa shape index (κ3) is 4.33. The summed E-state index contributed by atoms with van der Waals surface area (Å²) >= 11 is 5.74. The van der Waals surface area contributed by atoms with E-state index in [0.717, 1.165) is 6.08 Å². The fourth-order valence-corrected chi connectivity index (χ4v) is 2.36. The number of hydrazine groups is 1. The van der Waals surface area contributed by atoms with Crippen LogP contribution in [-0.4, -0.2) is 23.5 Å². The van der Waals surface area contributed by atoms with Gasteiger partial charge < -0.3 is 9.47 Å². The molecule has 2 aromatic carbocycles. The first-order valence-corrected chi connectivity index (χ1v) is 7.94. The number of nitrogens with one attached hydrogen (secondary N) is 2. The number of hydrogen-bond donors (Lipinski definition) is 2. The van der Waals surface area contributed by atoms with Crippen molar-refractivity contribution in [2.24, 2.45) is 0 Å². The van der Waals surface area contributed by atoms with Crippen molar-refractivity contribution in [3.63, 3.8) is 0 Å². The van der Waals surface area contributed by atoms with Crippen LogP contribution in [0.4, 0.5) is 5.69 Å². The van der Waals surface area contributed by atoms with Gasteiger partial charge in [-0.2, -0.15) is 0 Å². The van der Waals surface area contributed by atoms with Gasteiger partial charge in [0.15, 0.2) is 11.5 Å². The topological polar surface area (TPSA) is 120 Å². The van der Waals surface area contributed by atoms with E-state index in [2.05, 4.69) is 10.9 Å². The highest BCUT2D eigenvalue weighted by Crippen LogP contribution is 2.38. The van der Waals surface area contributed by atoms with Crippen LogP contribution in [0.25, 0.3) is 6.08 Å². The van der Waals surface area contributed by atoms with Gasteiger partial charge in [0.05, 0.1) is 16.6 Å². The van der Waals surface area contributed by atoms with Crippen LogP contribution in [0, 0.1) is 10.1 Å². The molecule has 1 heterocycles. The molecular formula is C17H12ClN3O6.